The minimum absolute atomic E-state index is 0.0932. The number of imidazole rings is 1. The normalized spacial score (nSPS) is 10.9. The van der Waals surface area contributed by atoms with E-state index < -0.39 is 4.92 Å². The predicted octanol–water partition coefficient (Wildman–Crippen LogP) is 3.28. The summed E-state index contributed by atoms with van der Waals surface area (Å²) >= 11 is 1.62. The van der Waals surface area contributed by atoms with Crippen molar-refractivity contribution in [2.75, 3.05) is 0 Å². The van der Waals surface area contributed by atoms with E-state index >= 15 is 0 Å². The second kappa shape index (κ2) is 3.92. The maximum Gasteiger partial charge on any atom is 0.269 e. The lowest BCUT2D eigenvalue weighted by Gasteiger charge is -1.95. The van der Waals surface area contributed by atoms with E-state index in [1.165, 1.54) is 17.0 Å². The van der Waals surface area contributed by atoms with E-state index in [1.54, 1.807) is 23.5 Å². The van der Waals surface area contributed by atoms with Gasteiger partial charge in [-0.05, 0) is 19.1 Å². The van der Waals surface area contributed by atoms with Crippen molar-refractivity contribution in [3.05, 3.63) is 51.7 Å². The van der Waals surface area contributed by atoms with Gasteiger partial charge in [0.15, 0.2) is 4.96 Å². The Labute approximate surface area is 106 Å². The third-order valence-corrected chi connectivity index (χ3v) is 3.56. The standard InChI is InChI=1S/C12H9N3O2S/c1-8-6-14-7-11(13-12(14)18-8)9-2-4-10(5-3-9)15(16)17/h2-7H,1H3. The summed E-state index contributed by atoms with van der Waals surface area (Å²) in [5.74, 6) is 0. The number of hydrogen-bond acceptors (Lipinski definition) is 4. The highest BCUT2D eigenvalue weighted by Gasteiger charge is 2.09. The maximum atomic E-state index is 10.6. The maximum absolute atomic E-state index is 10.6. The highest BCUT2D eigenvalue weighted by Crippen LogP contribution is 2.25. The lowest BCUT2D eigenvalue weighted by atomic mass is 10.1. The van der Waals surface area contributed by atoms with Gasteiger partial charge in [-0.1, -0.05) is 0 Å². The zero-order valence-electron chi connectivity index (χ0n) is 9.53. The van der Waals surface area contributed by atoms with Gasteiger partial charge in [0.1, 0.15) is 0 Å². The summed E-state index contributed by atoms with van der Waals surface area (Å²) in [6.45, 7) is 2.03. The number of nitrogens with zero attached hydrogens (tertiary/aromatic N) is 3. The number of rotatable bonds is 2. The molecular formula is C12H9N3O2S. The van der Waals surface area contributed by atoms with Crippen LogP contribution in [0.3, 0.4) is 0 Å². The van der Waals surface area contributed by atoms with Crippen LogP contribution in [0.15, 0.2) is 36.7 Å². The van der Waals surface area contributed by atoms with E-state index in [-0.39, 0.29) is 5.69 Å². The van der Waals surface area contributed by atoms with Crippen LogP contribution >= 0.6 is 11.3 Å². The van der Waals surface area contributed by atoms with E-state index in [0.717, 1.165) is 16.2 Å². The molecule has 0 N–H and O–H groups in total. The van der Waals surface area contributed by atoms with E-state index in [2.05, 4.69) is 4.98 Å². The van der Waals surface area contributed by atoms with Crippen LogP contribution < -0.4 is 0 Å². The Morgan fingerprint density at radius 1 is 1.28 bits per heavy atom. The molecule has 0 atom stereocenters. The first kappa shape index (κ1) is 10.9. The summed E-state index contributed by atoms with van der Waals surface area (Å²) in [6.07, 6.45) is 3.95. The van der Waals surface area contributed by atoms with Gasteiger partial charge >= 0.3 is 0 Å². The molecule has 0 unspecified atom stereocenters. The smallest absolute Gasteiger partial charge is 0.269 e. The minimum Gasteiger partial charge on any atom is -0.297 e. The van der Waals surface area contributed by atoms with Gasteiger partial charge in [-0.3, -0.25) is 14.5 Å². The summed E-state index contributed by atoms with van der Waals surface area (Å²) in [7, 11) is 0. The molecule has 0 aliphatic heterocycles. The van der Waals surface area contributed by atoms with Crippen molar-refractivity contribution in [3.63, 3.8) is 0 Å². The average molecular weight is 259 g/mol. The molecule has 1 aromatic carbocycles. The fraction of sp³-hybridized carbons (Fsp3) is 0.0833. The molecule has 2 aromatic heterocycles. The van der Waals surface area contributed by atoms with Gasteiger partial charge in [-0.15, -0.1) is 11.3 Å². The highest BCUT2D eigenvalue weighted by molar-refractivity contribution is 7.17. The van der Waals surface area contributed by atoms with Crippen LogP contribution in [0.2, 0.25) is 0 Å². The van der Waals surface area contributed by atoms with Crippen LogP contribution in [0.25, 0.3) is 16.2 Å². The molecule has 0 amide bonds. The van der Waals surface area contributed by atoms with Crippen molar-refractivity contribution in [2.45, 2.75) is 6.92 Å². The molecule has 90 valence electrons. The molecule has 3 aromatic rings. The molecule has 0 saturated carbocycles. The van der Waals surface area contributed by atoms with Crippen molar-refractivity contribution in [1.82, 2.24) is 9.38 Å². The highest BCUT2D eigenvalue weighted by atomic mass is 32.1. The molecule has 0 aliphatic carbocycles. The fourth-order valence-electron chi connectivity index (χ4n) is 1.80. The number of thiazole rings is 1. The molecule has 6 heteroatoms. The molecule has 3 rings (SSSR count). The Hall–Kier alpha value is -2.21. The van der Waals surface area contributed by atoms with E-state index in [1.807, 2.05) is 23.7 Å². The summed E-state index contributed by atoms with van der Waals surface area (Å²) in [4.78, 5) is 16.8. The summed E-state index contributed by atoms with van der Waals surface area (Å²) < 4.78 is 1.97. The molecule has 0 fully saturated rings. The Morgan fingerprint density at radius 3 is 2.61 bits per heavy atom. The quantitative estimate of drug-likeness (QED) is 0.524. The van der Waals surface area contributed by atoms with Crippen LogP contribution in [0.4, 0.5) is 5.69 Å². The van der Waals surface area contributed by atoms with Crippen LogP contribution in [0.1, 0.15) is 4.88 Å². The lowest BCUT2D eigenvalue weighted by Crippen LogP contribution is -1.87. The first-order valence-corrected chi connectivity index (χ1v) is 6.15. The summed E-state index contributed by atoms with van der Waals surface area (Å²) in [5.41, 5.74) is 1.81. The van der Waals surface area contributed by atoms with Crippen molar-refractivity contribution >= 4 is 22.0 Å². The van der Waals surface area contributed by atoms with Gasteiger partial charge in [0.25, 0.3) is 5.69 Å². The van der Waals surface area contributed by atoms with Crippen LogP contribution in [-0.4, -0.2) is 14.3 Å². The van der Waals surface area contributed by atoms with E-state index in [0.29, 0.717) is 0 Å². The molecule has 0 bridgehead atoms. The number of aromatic nitrogens is 2. The first-order valence-electron chi connectivity index (χ1n) is 5.33. The van der Waals surface area contributed by atoms with Gasteiger partial charge in [-0.25, -0.2) is 4.98 Å². The van der Waals surface area contributed by atoms with Crippen molar-refractivity contribution in [2.24, 2.45) is 0 Å². The van der Waals surface area contributed by atoms with Gasteiger partial charge in [0.2, 0.25) is 0 Å². The lowest BCUT2D eigenvalue weighted by molar-refractivity contribution is -0.384. The largest absolute Gasteiger partial charge is 0.297 e. The average Bonchev–Trinajstić information content (AvgIpc) is 2.86. The fourth-order valence-corrected chi connectivity index (χ4v) is 2.61. The first-order chi connectivity index (χ1) is 8.63. The van der Waals surface area contributed by atoms with Crippen LogP contribution in [0, 0.1) is 17.0 Å². The Morgan fingerprint density at radius 2 is 2.00 bits per heavy atom. The van der Waals surface area contributed by atoms with Gasteiger partial charge in [0.05, 0.1) is 10.6 Å². The number of non-ortho nitro benzene ring substituents is 1. The number of aryl methyl sites for hydroxylation is 1. The third kappa shape index (κ3) is 1.76. The Bertz CT molecular complexity index is 696. The van der Waals surface area contributed by atoms with Gasteiger partial charge in [-0.2, -0.15) is 0 Å². The monoisotopic (exact) mass is 259 g/mol. The summed E-state index contributed by atoms with van der Waals surface area (Å²) in [6, 6.07) is 6.43. The van der Waals surface area contributed by atoms with Crippen LogP contribution in [-0.2, 0) is 0 Å². The molecule has 0 spiro atoms. The molecule has 0 radical (unpaired) electrons. The molecular weight excluding hydrogens is 250 g/mol. The van der Waals surface area contributed by atoms with Gasteiger partial charge < -0.3 is 0 Å². The summed E-state index contributed by atoms with van der Waals surface area (Å²) in [5, 5.41) is 10.6. The number of hydrogen-bond donors (Lipinski definition) is 0. The van der Waals surface area contributed by atoms with Crippen molar-refractivity contribution < 1.29 is 4.92 Å². The van der Waals surface area contributed by atoms with Gasteiger partial charge in [0, 0.05) is 35.0 Å². The third-order valence-electron chi connectivity index (χ3n) is 2.65. The SMILES string of the molecule is Cc1cn2cc(-c3ccc([N+](=O)[O-])cc3)nc2s1. The second-order valence-electron chi connectivity index (χ2n) is 3.96. The zero-order valence-corrected chi connectivity index (χ0v) is 10.3. The molecule has 18 heavy (non-hydrogen) atoms. The van der Waals surface area contributed by atoms with Crippen molar-refractivity contribution in [1.29, 1.82) is 0 Å². The Balaban J connectivity index is 2.02. The number of nitro groups is 1. The molecule has 5 nitrogen and oxygen atoms in total. The second-order valence-corrected chi connectivity index (χ2v) is 5.18. The topological polar surface area (TPSA) is 60.4 Å². The number of nitro benzene ring substituents is 1. The number of fused-ring (bicyclic) bond motifs is 1. The van der Waals surface area contributed by atoms with Crippen molar-refractivity contribution in [3.8, 4) is 11.3 Å². The minimum atomic E-state index is -0.404. The molecule has 2 heterocycles. The van der Waals surface area contributed by atoms with Crippen LogP contribution in [0.5, 0.6) is 0 Å². The Kier molecular flexibility index (Phi) is 2.38. The molecule has 0 saturated heterocycles. The zero-order chi connectivity index (χ0) is 12.7. The van der Waals surface area contributed by atoms with E-state index in [9.17, 15) is 10.1 Å². The van der Waals surface area contributed by atoms with E-state index in [4.69, 9.17) is 0 Å². The predicted molar refractivity (Wildman–Crippen MR) is 69.9 cm³/mol. The molecule has 0 aliphatic rings. The number of benzene rings is 1.